The molecule has 0 fully saturated rings. The number of benzene rings is 2. The Hall–Kier alpha value is -2.46. The number of aryl methyl sites for hydroxylation is 1. The molecule has 0 saturated heterocycles. The molecule has 0 aliphatic rings. The van der Waals surface area contributed by atoms with Gasteiger partial charge in [-0.15, -0.1) is 0 Å². The van der Waals surface area contributed by atoms with Crippen molar-refractivity contribution in [2.75, 3.05) is 23.8 Å². The van der Waals surface area contributed by atoms with Gasteiger partial charge in [-0.3, -0.25) is 4.79 Å². The highest BCUT2D eigenvalue weighted by Gasteiger charge is 2.05. The van der Waals surface area contributed by atoms with Crippen molar-refractivity contribution in [1.29, 1.82) is 0 Å². The van der Waals surface area contributed by atoms with E-state index in [9.17, 15) is 4.79 Å². The number of carbonyl (C=O) groups excluding carboxylic acids is 1. The van der Waals surface area contributed by atoms with E-state index in [1.165, 1.54) is 0 Å². The maximum Gasteiger partial charge on any atom is 0.243 e. The fourth-order valence-electron chi connectivity index (χ4n) is 1.98. The van der Waals surface area contributed by atoms with Gasteiger partial charge in [0.2, 0.25) is 5.91 Å². The Morgan fingerprint density at radius 3 is 2.91 bits per heavy atom. The number of hydrogen-bond acceptors (Lipinski definition) is 3. The number of ether oxygens (including phenoxy) is 1. The molecule has 1 amide bonds. The van der Waals surface area contributed by atoms with Gasteiger partial charge in [0.15, 0.2) is 0 Å². The second-order valence-electron chi connectivity index (χ2n) is 4.99. The van der Waals surface area contributed by atoms with Crippen molar-refractivity contribution in [3.05, 3.63) is 65.7 Å². The minimum Gasteiger partial charge on any atom is -0.489 e. The number of carbonyl (C=O) groups is 1. The van der Waals surface area contributed by atoms with Crippen LogP contribution in [0.1, 0.15) is 5.56 Å². The number of amides is 1. The van der Waals surface area contributed by atoms with Crippen LogP contribution in [0.4, 0.5) is 11.4 Å². The number of halogens is 1. The van der Waals surface area contributed by atoms with Crippen LogP contribution >= 0.6 is 11.6 Å². The van der Waals surface area contributed by atoms with Gasteiger partial charge in [0.25, 0.3) is 0 Å². The predicted molar refractivity (Wildman–Crippen MR) is 95.4 cm³/mol. The van der Waals surface area contributed by atoms with Crippen LogP contribution in [-0.4, -0.2) is 19.1 Å². The van der Waals surface area contributed by atoms with Crippen molar-refractivity contribution in [3.8, 4) is 5.75 Å². The van der Waals surface area contributed by atoms with Gasteiger partial charge in [-0.1, -0.05) is 36.4 Å². The lowest BCUT2D eigenvalue weighted by atomic mass is 10.2. The lowest BCUT2D eigenvalue weighted by Crippen LogP contribution is -2.22. The fraction of sp³-hybridized carbons (Fsp3) is 0.167. The fourth-order valence-corrected chi connectivity index (χ4v) is 2.16. The van der Waals surface area contributed by atoms with Crippen LogP contribution in [0.15, 0.2) is 55.1 Å². The molecule has 0 spiro atoms. The molecule has 120 valence electrons. The highest BCUT2D eigenvalue weighted by Crippen LogP contribution is 2.20. The molecule has 0 bridgehead atoms. The first kappa shape index (κ1) is 16.9. The van der Waals surface area contributed by atoms with Crippen molar-refractivity contribution in [1.82, 2.24) is 0 Å². The van der Waals surface area contributed by atoms with E-state index in [-0.39, 0.29) is 12.5 Å². The van der Waals surface area contributed by atoms with Crippen LogP contribution in [0.5, 0.6) is 5.75 Å². The zero-order chi connectivity index (χ0) is 16.7. The van der Waals surface area contributed by atoms with Gasteiger partial charge in [0, 0.05) is 22.5 Å². The van der Waals surface area contributed by atoms with Crippen molar-refractivity contribution in [3.63, 3.8) is 0 Å². The quantitative estimate of drug-likeness (QED) is 0.746. The second-order valence-corrected chi connectivity index (χ2v) is 5.42. The van der Waals surface area contributed by atoms with Gasteiger partial charge < -0.3 is 15.4 Å². The summed E-state index contributed by atoms with van der Waals surface area (Å²) in [5.41, 5.74) is 2.55. The second kappa shape index (κ2) is 8.25. The lowest BCUT2D eigenvalue weighted by Gasteiger charge is -2.11. The molecule has 0 aliphatic heterocycles. The number of nitrogens with one attached hydrogen (secondary N) is 2. The third-order valence-corrected chi connectivity index (χ3v) is 3.36. The van der Waals surface area contributed by atoms with E-state index in [2.05, 4.69) is 17.2 Å². The third kappa shape index (κ3) is 5.34. The summed E-state index contributed by atoms with van der Waals surface area (Å²) >= 11 is 5.96. The molecule has 0 heterocycles. The molecule has 2 N–H and O–H groups in total. The number of hydrogen-bond donors (Lipinski definition) is 2. The molecule has 0 atom stereocenters. The molecular weight excluding hydrogens is 312 g/mol. The molecule has 0 saturated carbocycles. The number of rotatable bonds is 7. The Labute approximate surface area is 141 Å². The summed E-state index contributed by atoms with van der Waals surface area (Å²) in [6, 6.07) is 12.7. The highest BCUT2D eigenvalue weighted by atomic mass is 35.5. The van der Waals surface area contributed by atoms with Crippen molar-refractivity contribution < 1.29 is 9.53 Å². The van der Waals surface area contributed by atoms with Crippen LogP contribution in [0, 0.1) is 6.92 Å². The van der Waals surface area contributed by atoms with E-state index in [0.717, 1.165) is 11.3 Å². The summed E-state index contributed by atoms with van der Waals surface area (Å²) in [6.45, 7) is 6.13. The van der Waals surface area contributed by atoms with Crippen LogP contribution in [0.2, 0.25) is 5.02 Å². The van der Waals surface area contributed by atoms with Crippen LogP contribution in [0.3, 0.4) is 0 Å². The molecule has 2 aromatic rings. The first-order valence-electron chi connectivity index (χ1n) is 7.22. The third-order valence-electron chi connectivity index (χ3n) is 3.12. The van der Waals surface area contributed by atoms with Crippen molar-refractivity contribution >= 4 is 28.9 Å². The van der Waals surface area contributed by atoms with Crippen molar-refractivity contribution in [2.45, 2.75) is 6.92 Å². The first-order valence-corrected chi connectivity index (χ1v) is 7.60. The molecule has 23 heavy (non-hydrogen) atoms. The van der Waals surface area contributed by atoms with Gasteiger partial charge in [-0.2, -0.15) is 0 Å². The van der Waals surface area contributed by atoms with Gasteiger partial charge in [0.1, 0.15) is 12.4 Å². The molecule has 2 rings (SSSR count). The van der Waals surface area contributed by atoms with E-state index < -0.39 is 0 Å². The van der Waals surface area contributed by atoms with E-state index in [4.69, 9.17) is 16.3 Å². The summed E-state index contributed by atoms with van der Waals surface area (Å²) in [7, 11) is 0. The van der Waals surface area contributed by atoms with E-state index in [1.807, 2.05) is 37.3 Å². The first-order chi connectivity index (χ1) is 11.1. The summed E-state index contributed by atoms with van der Waals surface area (Å²) in [4.78, 5) is 12.0. The summed E-state index contributed by atoms with van der Waals surface area (Å²) in [5, 5.41) is 6.53. The highest BCUT2D eigenvalue weighted by molar-refractivity contribution is 6.30. The summed E-state index contributed by atoms with van der Waals surface area (Å²) in [6.07, 6.45) is 1.67. The standard InChI is InChI=1S/C18H19ClN2O2/c1-3-9-23-16-6-4-5-15(11-16)21-18(22)12-20-17-10-14(19)8-7-13(17)2/h3-8,10-11,20H,1,9,12H2,2H3,(H,21,22). The maximum absolute atomic E-state index is 12.0. The zero-order valence-corrected chi connectivity index (χ0v) is 13.7. The molecule has 0 radical (unpaired) electrons. The van der Waals surface area contributed by atoms with Crippen molar-refractivity contribution in [2.24, 2.45) is 0 Å². The average molecular weight is 331 g/mol. The summed E-state index contributed by atoms with van der Waals surface area (Å²) in [5.74, 6) is 0.534. The zero-order valence-electron chi connectivity index (χ0n) is 12.9. The van der Waals surface area contributed by atoms with Gasteiger partial charge in [0.05, 0.1) is 6.54 Å². The SMILES string of the molecule is C=CCOc1cccc(NC(=O)CNc2cc(Cl)ccc2C)c1. The maximum atomic E-state index is 12.0. The van der Waals surface area contributed by atoms with Crippen LogP contribution in [0.25, 0.3) is 0 Å². The molecule has 2 aromatic carbocycles. The van der Waals surface area contributed by atoms with Crippen LogP contribution < -0.4 is 15.4 Å². The molecule has 0 unspecified atom stereocenters. The summed E-state index contributed by atoms with van der Waals surface area (Å²) < 4.78 is 5.44. The Morgan fingerprint density at radius 2 is 2.13 bits per heavy atom. The lowest BCUT2D eigenvalue weighted by molar-refractivity contribution is -0.114. The Kier molecular flexibility index (Phi) is 6.06. The van der Waals surface area contributed by atoms with Gasteiger partial charge >= 0.3 is 0 Å². The normalized spacial score (nSPS) is 10.0. The monoisotopic (exact) mass is 330 g/mol. The molecule has 0 aromatic heterocycles. The average Bonchev–Trinajstić information content (AvgIpc) is 2.54. The predicted octanol–water partition coefficient (Wildman–Crippen LogP) is 4.26. The minimum atomic E-state index is -0.148. The molecule has 0 aliphatic carbocycles. The minimum absolute atomic E-state index is 0.148. The Morgan fingerprint density at radius 1 is 1.30 bits per heavy atom. The Balaban J connectivity index is 1.92. The van der Waals surface area contributed by atoms with Gasteiger partial charge in [-0.25, -0.2) is 0 Å². The smallest absolute Gasteiger partial charge is 0.243 e. The Bertz CT molecular complexity index is 701. The number of anilines is 2. The van der Waals surface area contributed by atoms with Gasteiger partial charge in [-0.05, 0) is 36.8 Å². The van der Waals surface area contributed by atoms with E-state index in [1.54, 1.807) is 18.2 Å². The molecule has 4 nitrogen and oxygen atoms in total. The molecular formula is C18H19ClN2O2. The van der Waals surface area contributed by atoms with Crippen LogP contribution in [-0.2, 0) is 4.79 Å². The van der Waals surface area contributed by atoms with E-state index in [0.29, 0.717) is 23.1 Å². The largest absolute Gasteiger partial charge is 0.489 e. The molecule has 5 heteroatoms. The van der Waals surface area contributed by atoms with E-state index >= 15 is 0 Å². The topological polar surface area (TPSA) is 50.4 Å².